The molecular weight excluding hydrogens is 228 g/mol. The van der Waals surface area contributed by atoms with Gasteiger partial charge in [-0.15, -0.1) is 0 Å². The summed E-state index contributed by atoms with van der Waals surface area (Å²) < 4.78 is 3.05. The Hall–Kier alpha value is -1.09. The van der Waals surface area contributed by atoms with E-state index in [9.17, 15) is 0 Å². The van der Waals surface area contributed by atoms with E-state index < -0.39 is 0 Å². The predicted octanol–water partition coefficient (Wildman–Crippen LogP) is 2.54. The maximum atomic E-state index is 4.39. The van der Waals surface area contributed by atoms with Crippen LogP contribution in [-0.2, 0) is 6.42 Å². The molecule has 2 aromatic rings. The van der Waals surface area contributed by atoms with Gasteiger partial charge in [0.05, 0.1) is 5.69 Å². The smallest absolute Gasteiger partial charge is 0.124 e. The van der Waals surface area contributed by atoms with Gasteiger partial charge in [0.25, 0.3) is 0 Å². The molecule has 13 heavy (non-hydrogen) atoms. The SMILES string of the molecule is Brc1cn2c(n1)Cc1ccccc1-2. The van der Waals surface area contributed by atoms with E-state index in [2.05, 4.69) is 49.7 Å². The molecule has 1 aliphatic heterocycles. The lowest BCUT2D eigenvalue weighted by Gasteiger charge is -1.98. The topological polar surface area (TPSA) is 17.8 Å². The number of aromatic nitrogens is 2. The Bertz CT molecular complexity index is 474. The van der Waals surface area contributed by atoms with Crippen LogP contribution in [0, 0.1) is 0 Å². The summed E-state index contributed by atoms with van der Waals surface area (Å²) in [7, 11) is 0. The van der Waals surface area contributed by atoms with Gasteiger partial charge in [-0.1, -0.05) is 18.2 Å². The zero-order valence-corrected chi connectivity index (χ0v) is 8.45. The maximum absolute atomic E-state index is 4.39. The van der Waals surface area contributed by atoms with Crippen molar-refractivity contribution < 1.29 is 0 Å². The normalized spacial score (nSPS) is 12.7. The fraction of sp³-hybridized carbons (Fsp3) is 0.100. The van der Waals surface area contributed by atoms with E-state index in [0.717, 1.165) is 16.8 Å². The zero-order valence-electron chi connectivity index (χ0n) is 6.87. The van der Waals surface area contributed by atoms with E-state index in [1.54, 1.807) is 0 Å². The minimum absolute atomic E-state index is 0.914. The van der Waals surface area contributed by atoms with Crippen LogP contribution >= 0.6 is 15.9 Å². The van der Waals surface area contributed by atoms with Gasteiger partial charge in [0.15, 0.2) is 0 Å². The third-order valence-electron chi connectivity index (χ3n) is 2.35. The predicted molar refractivity (Wildman–Crippen MR) is 54.1 cm³/mol. The summed E-state index contributed by atoms with van der Waals surface area (Å²) in [4.78, 5) is 4.39. The molecule has 0 spiro atoms. The van der Waals surface area contributed by atoms with E-state index in [1.807, 2.05) is 6.20 Å². The molecule has 0 unspecified atom stereocenters. The second-order valence-electron chi connectivity index (χ2n) is 3.16. The zero-order chi connectivity index (χ0) is 8.84. The number of nitrogens with zero attached hydrogens (tertiary/aromatic N) is 2. The monoisotopic (exact) mass is 234 g/mol. The third-order valence-corrected chi connectivity index (χ3v) is 2.73. The van der Waals surface area contributed by atoms with Crippen molar-refractivity contribution in [1.82, 2.24) is 9.55 Å². The maximum Gasteiger partial charge on any atom is 0.124 e. The molecule has 0 saturated carbocycles. The summed E-state index contributed by atoms with van der Waals surface area (Å²) in [6.07, 6.45) is 2.96. The number of imidazole rings is 1. The van der Waals surface area contributed by atoms with Crippen molar-refractivity contribution in [1.29, 1.82) is 0 Å². The fourth-order valence-corrected chi connectivity index (χ4v) is 2.20. The second kappa shape index (κ2) is 2.45. The number of benzene rings is 1. The summed E-state index contributed by atoms with van der Waals surface area (Å²) in [6, 6.07) is 8.40. The van der Waals surface area contributed by atoms with Crippen LogP contribution in [0.4, 0.5) is 0 Å². The Morgan fingerprint density at radius 2 is 2.15 bits per heavy atom. The van der Waals surface area contributed by atoms with Gasteiger partial charge in [0.2, 0.25) is 0 Å². The molecule has 0 fully saturated rings. The van der Waals surface area contributed by atoms with Crippen LogP contribution in [0.3, 0.4) is 0 Å². The highest BCUT2D eigenvalue weighted by atomic mass is 79.9. The van der Waals surface area contributed by atoms with Crippen molar-refractivity contribution in [3.8, 4) is 5.69 Å². The Labute approximate surface area is 84.4 Å². The number of fused-ring (bicyclic) bond motifs is 3. The molecule has 3 rings (SSSR count). The standard InChI is InChI=1S/C10H7BrN2/c11-9-6-13-8-4-2-1-3-7(8)5-10(13)12-9/h1-4,6H,5H2. The summed E-state index contributed by atoms with van der Waals surface area (Å²) in [6.45, 7) is 0. The highest BCUT2D eigenvalue weighted by Crippen LogP contribution is 2.28. The summed E-state index contributed by atoms with van der Waals surface area (Å²) in [5.74, 6) is 1.12. The molecule has 3 heteroatoms. The Kier molecular flexibility index (Phi) is 1.38. The first kappa shape index (κ1) is 7.33. The Balaban J connectivity index is 2.30. The number of rotatable bonds is 0. The first-order valence-corrected chi connectivity index (χ1v) is 4.96. The van der Waals surface area contributed by atoms with Crippen LogP contribution in [-0.4, -0.2) is 9.55 Å². The summed E-state index contributed by atoms with van der Waals surface area (Å²) in [5, 5.41) is 0. The van der Waals surface area contributed by atoms with Crippen LogP contribution in [0.5, 0.6) is 0 Å². The van der Waals surface area contributed by atoms with Crippen molar-refractivity contribution in [2.45, 2.75) is 6.42 Å². The van der Waals surface area contributed by atoms with Gasteiger partial charge in [-0.05, 0) is 27.6 Å². The number of hydrogen-bond acceptors (Lipinski definition) is 1. The minimum Gasteiger partial charge on any atom is -0.302 e. The molecule has 2 nitrogen and oxygen atoms in total. The van der Waals surface area contributed by atoms with Crippen molar-refractivity contribution in [3.63, 3.8) is 0 Å². The molecule has 1 aromatic heterocycles. The van der Waals surface area contributed by atoms with Crippen LogP contribution in [0.1, 0.15) is 11.4 Å². The van der Waals surface area contributed by atoms with Gasteiger partial charge in [-0.25, -0.2) is 4.98 Å². The largest absolute Gasteiger partial charge is 0.302 e. The molecule has 64 valence electrons. The van der Waals surface area contributed by atoms with Crippen molar-refractivity contribution in [2.75, 3.05) is 0 Å². The Morgan fingerprint density at radius 3 is 3.08 bits per heavy atom. The van der Waals surface area contributed by atoms with Crippen molar-refractivity contribution in [2.24, 2.45) is 0 Å². The van der Waals surface area contributed by atoms with E-state index >= 15 is 0 Å². The first-order valence-electron chi connectivity index (χ1n) is 4.16. The lowest BCUT2D eigenvalue weighted by molar-refractivity contribution is 0.996. The average Bonchev–Trinajstić information content (AvgIpc) is 2.60. The van der Waals surface area contributed by atoms with Gasteiger partial charge >= 0.3 is 0 Å². The average molecular weight is 235 g/mol. The molecule has 0 N–H and O–H groups in total. The Morgan fingerprint density at radius 1 is 1.31 bits per heavy atom. The number of hydrogen-bond donors (Lipinski definition) is 0. The van der Waals surface area contributed by atoms with Crippen molar-refractivity contribution >= 4 is 15.9 Å². The molecule has 0 radical (unpaired) electrons. The van der Waals surface area contributed by atoms with Gasteiger partial charge in [0.1, 0.15) is 10.4 Å². The number of halogens is 1. The minimum atomic E-state index is 0.914. The lowest BCUT2D eigenvalue weighted by Crippen LogP contribution is -1.88. The van der Waals surface area contributed by atoms with Crippen LogP contribution < -0.4 is 0 Å². The quantitative estimate of drug-likeness (QED) is 0.585. The highest BCUT2D eigenvalue weighted by molar-refractivity contribution is 9.10. The van der Waals surface area contributed by atoms with Crippen LogP contribution in [0.2, 0.25) is 0 Å². The fourth-order valence-electron chi connectivity index (χ4n) is 1.79. The molecule has 0 atom stereocenters. The summed E-state index contributed by atoms with van der Waals surface area (Å²) in [5.41, 5.74) is 2.62. The van der Waals surface area contributed by atoms with E-state index in [0.29, 0.717) is 0 Å². The number of para-hydroxylation sites is 1. The second-order valence-corrected chi connectivity index (χ2v) is 3.97. The molecule has 0 aliphatic carbocycles. The van der Waals surface area contributed by atoms with Gasteiger partial charge in [-0.2, -0.15) is 0 Å². The van der Waals surface area contributed by atoms with Crippen LogP contribution in [0.15, 0.2) is 35.1 Å². The first-order chi connectivity index (χ1) is 6.34. The molecule has 1 aliphatic rings. The highest BCUT2D eigenvalue weighted by Gasteiger charge is 2.18. The summed E-state index contributed by atoms with van der Waals surface area (Å²) >= 11 is 3.38. The van der Waals surface area contributed by atoms with E-state index in [1.165, 1.54) is 11.3 Å². The molecule has 1 aromatic carbocycles. The molecular formula is C10H7BrN2. The molecule has 0 amide bonds. The van der Waals surface area contributed by atoms with Crippen molar-refractivity contribution in [3.05, 3.63) is 46.5 Å². The van der Waals surface area contributed by atoms with E-state index in [4.69, 9.17) is 0 Å². The molecule has 0 saturated heterocycles. The van der Waals surface area contributed by atoms with Crippen LogP contribution in [0.25, 0.3) is 5.69 Å². The van der Waals surface area contributed by atoms with Gasteiger partial charge in [-0.3, -0.25) is 0 Å². The molecule has 2 heterocycles. The lowest BCUT2D eigenvalue weighted by atomic mass is 10.1. The van der Waals surface area contributed by atoms with Gasteiger partial charge < -0.3 is 4.57 Å². The van der Waals surface area contributed by atoms with Gasteiger partial charge in [0, 0.05) is 12.6 Å². The molecule has 0 bridgehead atoms. The third kappa shape index (κ3) is 0.968. The van der Waals surface area contributed by atoms with E-state index in [-0.39, 0.29) is 0 Å².